The first-order chi connectivity index (χ1) is 11.6. The van der Waals surface area contributed by atoms with Gasteiger partial charge in [-0.25, -0.2) is 9.97 Å². The van der Waals surface area contributed by atoms with Crippen molar-refractivity contribution < 1.29 is 9.90 Å². The van der Waals surface area contributed by atoms with Gasteiger partial charge in [-0.15, -0.1) is 0 Å². The molecule has 3 aromatic rings. The average Bonchev–Trinajstić information content (AvgIpc) is 2.60. The highest BCUT2D eigenvalue weighted by atomic mass is 32.2. The molecule has 0 saturated heterocycles. The maximum atomic E-state index is 11.7. The zero-order chi connectivity index (χ0) is 16.9. The summed E-state index contributed by atoms with van der Waals surface area (Å²) in [6.07, 6.45) is 0. The summed E-state index contributed by atoms with van der Waals surface area (Å²) in [6, 6.07) is 20.8. The summed E-state index contributed by atoms with van der Waals surface area (Å²) in [5, 5.41) is 9.53. The van der Waals surface area contributed by atoms with E-state index in [0.29, 0.717) is 10.9 Å². The molecule has 0 radical (unpaired) electrons. The molecular formula is C19H16N2O2S. The van der Waals surface area contributed by atoms with Gasteiger partial charge in [-0.05, 0) is 18.6 Å². The van der Waals surface area contributed by atoms with Crippen LogP contribution in [-0.4, -0.2) is 21.0 Å². The Bertz CT molecular complexity index is 839. The van der Waals surface area contributed by atoms with Crippen LogP contribution in [0, 0.1) is 6.92 Å². The second-order valence-electron chi connectivity index (χ2n) is 5.25. The van der Waals surface area contributed by atoms with Crippen LogP contribution in [0.5, 0.6) is 0 Å². The molecule has 1 atom stereocenters. The van der Waals surface area contributed by atoms with Gasteiger partial charge in [-0.2, -0.15) is 0 Å². The lowest BCUT2D eigenvalue weighted by Crippen LogP contribution is -2.08. The molecule has 1 aromatic heterocycles. The van der Waals surface area contributed by atoms with Crippen molar-refractivity contribution in [3.05, 3.63) is 78.1 Å². The van der Waals surface area contributed by atoms with E-state index in [9.17, 15) is 9.90 Å². The predicted octanol–water partition coefficient (Wildman–Crippen LogP) is 4.37. The first kappa shape index (κ1) is 16.2. The highest BCUT2D eigenvalue weighted by Crippen LogP contribution is 2.35. The number of carboxylic acid groups (broad SMARTS) is 1. The summed E-state index contributed by atoms with van der Waals surface area (Å²) in [4.78, 5) is 20.5. The Morgan fingerprint density at radius 1 is 1.00 bits per heavy atom. The Morgan fingerprint density at radius 3 is 2.25 bits per heavy atom. The van der Waals surface area contributed by atoms with E-state index in [-0.39, 0.29) is 0 Å². The minimum atomic E-state index is -0.885. The molecule has 0 amide bonds. The predicted molar refractivity (Wildman–Crippen MR) is 94.9 cm³/mol. The van der Waals surface area contributed by atoms with E-state index < -0.39 is 11.2 Å². The quantitative estimate of drug-likeness (QED) is 0.554. The summed E-state index contributed by atoms with van der Waals surface area (Å²) >= 11 is 1.22. The summed E-state index contributed by atoms with van der Waals surface area (Å²) < 4.78 is 0. The van der Waals surface area contributed by atoms with Crippen LogP contribution in [-0.2, 0) is 4.79 Å². The molecule has 3 rings (SSSR count). The largest absolute Gasteiger partial charge is 0.480 e. The summed E-state index contributed by atoms with van der Waals surface area (Å²) in [5.74, 6) is -0.264. The molecule has 1 heterocycles. The lowest BCUT2D eigenvalue weighted by molar-refractivity contribution is -0.136. The van der Waals surface area contributed by atoms with E-state index in [1.165, 1.54) is 11.8 Å². The standard InChI is InChI=1S/C19H16N2O2S/c1-13-20-16(14-8-4-2-5-9-14)12-17(21-13)24-18(19(22)23)15-10-6-3-7-11-15/h2-12,18H,1H3,(H,22,23)/t18-/m1/s1. The summed E-state index contributed by atoms with van der Waals surface area (Å²) in [5.41, 5.74) is 2.52. The van der Waals surface area contributed by atoms with Gasteiger partial charge in [0.1, 0.15) is 16.1 Å². The minimum Gasteiger partial charge on any atom is -0.480 e. The number of aliphatic carboxylic acids is 1. The Labute approximate surface area is 144 Å². The smallest absolute Gasteiger partial charge is 0.321 e. The summed E-state index contributed by atoms with van der Waals surface area (Å²) in [7, 11) is 0. The van der Waals surface area contributed by atoms with Crippen molar-refractivity contribution in [1.82, 2.24) is 9.97 Å². The molecule has 0 aliphatic heterocycles. The monoisotopic (exact) mass is 336 g/mol. The third-order valence-corrected chi connectivity index (χ3v) is 4.61. The first-order valence-corrected chi connectivity index (χ1v) is 8.37. The van der Waals surface area contributed by atoms with Gasteiger partial charge in [-0.1, -0.05) is 72.4 Å². The first-order valence-electron chi connectivity index (χ1n) is 7.49. The van der Waals surface area contributed by atoms with Crippen LogP contribution in [0.15, 0.2) is 71.8 Å². The highest BCUT2D eigenvalue weighted by molar-refractivity contribution is 8.00. The van der Waals surface area contributed by atoms with E-state index >= 15 is 0 Å². The number of rotatable bonds is 5. The third-order valence-electron chi connectivity index (χ3n) is 3.45. The van der Waals surface area contributed by atoms with Gasteiger partial charge < -0.3 is 5.11 Å². The molecule has 0 saturated carbocycles. The van der Waals surface area contributed by atoms with Gasteiger partial charge >= 0.3 is 5.97 Å². The van der Waals surface area contributed by atoms with Crippen LogP contribution >= 0.6 is 11.8 Å². The molecule has 24 heavy (non-hydrogen) atoms. The molecule has 2 aromatic carbocycles. The molecule has 0 bridgehead atoms. The van der Waals surface area contributed by atoms with Crippen LogP contribution in [0.3, 0.4) is 0 Å². The van der Waals surface area contributed by atoms with Crippen molar-refractivity contribution in [1.29, 1.82) is 0 Å². The topological polar surface area (TPSA) is 63.1 Å². The van der Waals surface area contributed by atoms with Gasteiger partial charge in [0.25, 0.3) is 0 Å². The fraction of sp³-hybridized carbons (Fsp3) is 0.105. The molecule has 1 N–H and O–H groups in total. The number of hydrogen-bond acceptors (Lipinski definition) is 4. The van der Waals surface area contributed by atoms with E-state index in [1.807, 2.05) is 73.7 Å². The second-order valence-corrected chi connectivity index (χ2v) is 6.38. The van der Waals surface area contributed by atoms with E-state index in [2.05, 4.69) is 9.97 Å². The fourth-order valence-electron chi connectivity index (χ4n) is 2.37. The normalized spacial score (nSPS) is 11.9. The van der Waals surface area contributed by atoms with Gasteiger partial charge in [0.2, 0.25) is 0 Å². The molecule has 5 heteroatoms. The molecule has 0 spiro atoms. The SMILES string of the molecule is Cc1nc(S[C@@H](C(=O)O)c2ccccc2)cc(-c2ccccc2)n1. The van der Waals surface area contributed by atoms with Crippen molar-refractivity contribution in [2.75, 3.05) is 0 Å². The number of carboxylic acids is 1. The Kier molecular flexibility index (Phi) is 4.91. The second kappa shape index (κ2) is 7.27. The van der Waals surface area contributed by atoms with Crippen molar-refractivity contribution >= 4 is 17.7 Å². The summed E-state index contributed by atoms with van der Waals surface area (Å²) in [6.45, 7) is 1.81. The fourth-order valence-corrected chi connectivity index (χ4v) is 3.37. The molecule has 0 unspecified atom stereocenters. The maximum absolute atomic E-state index is 11.7. The van der Waals surface area contributed by atoms with Crippen molar-refractivity contribution in [2.24, 2.45) is 0 Å². The zero-order valence-corrected chi connectivity index (χ0v) is 13.9. The number of thioether (sulfide) groups is 1. The van der Waals surface area contributed by atoms with Crippen LogP contribution in [0.2, 0.25) is 0 Å². The number of aryl methyl sites for hydroxylation is 1. The van der Waals surface area contributed by atoms with Gasteiger partial charge in [-0.3, -0.25) is 4.79 Å². The lowest BCUT2D eigenvalue weighted by atomic mass is 10.1. The van der Waals surface area contributed by atoms with Crippen LogP contribution in [0.25, 0.3) is 11.3 Å². The van der Waals surface area contributed by atoms with Crippen LogP contribution < -0.4 is 0 Å². The molecular weight excluding hydrogens is 320 g/mol. The lowest BCUT2D eigenvalue weighted by Gasteiger charge is -2.13. The maximum Gasteiger partial charge on any atom is 0.321 e. The molecule has 120 valence electrons. The van der Waals surface area contributed by atoms with E-state index in [1.54, 1.807) is 0 Å². The van der Waals surface area contributed by atoms with Gasteiger partial charge in [0.05, 0.1) is 5.69 Å². The van der Waals surface area contributed by atoms with Crippen molar-refractivity contribution in [3.63, 3.8) is 0 Å². The molecule has 0 aliphatic carbocycles. The average molecular weight is 336 g/mol. The van der Waals surface area contributed by atoms with Crippen molar-refractivity contribution in [3.8, 4) is 11.3 Å². The Balaban J connectivity index is 1.94. The van der Waals surface area contributed by atoms with E-state index in [0.717, 1.165) is 16.8 Å². The Morgan fingerprint density at radius 2 is 1.62 bits per heavy atom. The third kappa shape index (κ3) is 3.81. The van der Waals surface area contributed by atoms with Crippen LogP contribution in [0.1, 0.15) is 16.6 Å². The number of carbonyl (C=O) groups is 1. The number of aromatic nitrogens is 2. The van der Waals surface area contributed by atoms with Crippen molar-refractivity contribution in [2.45, 2.75) is 17.2 Å². The number of benzene rings is 2. The highest BCUT2D eigenvalue weighted by Gasteiger charge is 2.22. The van der Waals surface area contributed by atoms with Gasteiger partial charge in [0.15, 0.2) is 0 Å². The van der Waals surface area contributed by atoms with Gasteiger partial charge in [0, 0.05) is 5.56 Å². The molecule has 0 fully saturated rings. The van der Waals surface area contributed by atoms with Crippen LogP contribution in [0.4, 0.5) is 0 Å². The molecule has 0 aliphatic rings. The Hall–Kier alpha value is -2.66. The zero-order valence-electron chi connectivity index (χ0n) is 13.1. The minimum absolute atomic E-state index is 0.621. The van der Waals surface area contributed by atoms with E-state index in [4.69, 9.17) is 0 Å². The number of nitrogens with zero attached hydrogens (tertiary/aromatic N) is 2. The molecule has 4 nitrogen and oxygen atoms in total. The number of hydrogen-bond donors (Lipinski definition) is 1.